The number of ether oxygens (including phenoxy) is 1. The zero-order chi connectivity index (χ0) is 14.4. The number of carbonyl (C=O) groups is 1. The van der Waals surface area contributed by atoms with E-state index in [0.29, 0.717) is 18.7 Å². The van der Waals surface area contributed by atoms with Crippen molar-refractivity contribution >= 4 is 5.91 Å². The molecular weight excluding hydrogens is 259 g/mol. The van der Waals surface area contributed by atoms with E-state index >= 15 is 0 Å². The molecule has 0 atom stereocenters. The molecule has 0 unspecified atom stereocenters. The SMILES string of the molecule is Cc1cccc(OCCNC(=O)c2ccc(F)nc2)c1. The van der Waals surface area contributed by atoms with Crippen LogP contribution in [0.5, 0.6) is 5.75 Å². The highest BCUT2D eigenvalue weighted by atomic mass is 19.1. The predicted octanol–water partition coefficient (Wildman–Crippen LogP) is 2.34. The van der Waals surface area contributed by atoms with Crippen LogP contribution < -0.4 is 10.1 Å². The van der Waals surface area contributed by atoms with Gasteiger partial charge in [-0.25, -0.2) is 4.98 Å². The number of nitrogens with zero attached hydrogens (tertiary/aromatic N) is 1. The van der Waals surface area contributed by atoms with E-state index in [1.807, 2.05) is 31.2 Å². The monoisotopic (exact) mass is 274 g/mol. The van der Waals surface area contributed by atoms with Gasteiger partial charge in [-0.15, -0.1) is 0 Å². The molecule has 104 valence electrons. The Morgan fingerprint density at radius 1 is 1.35 bits per heavy atom. The van der Waals surface area contributed by atoms with Crippen molar-refractivity contribution in [2.75, 3.05) is 13.2 Å². The molecule has 0 radical (unpaired) electrons. The lowest BCUT2D eigenvalue weighted by Gasteiger charge is -2.08. The highest BCUT2D eigenvalue weighted by molar-refractivity contribution is 5.93. The molecule has 0 spiro atoms. The van der Waals surface area contributed by atoms with E-state index in [0.717, 1.165) is 17.4 Å². The van der Waals surface area contributed by atoms with Gasteiger partial charge in [0.05, 0.1) is 12.1 Å². The second-order valence-electron chi connectivity index (χ2n) is 4.29. The largest absolute Gasteiger partial charge is 0.492 e. The molecule has 2 rings (SSSR count). The molecule has 2 aromatic rings. The Kier molecular flexibility index (Phi) is 4.65. The van der Waals surface area contributed by atoms with E-state index in [-0.39, 0.29) is 5.91 Å². The molecule has 20 heavy (non-hydrogen) atoms. The summed E-state index contributed by atoms with van der Waals surface area (Å²) in [7, 11) is 0. The van der Waals surface area contributed by atoms with Crippen LogP contribution in [0.4, 0.5) is 4.39 Å². The highest BCUT2D eigenvalue weighted by Crippen LogP contribution is 2.11. The molecule has 0 aliphatic carbocycles. The number of aromatic nitrogens is 1. The van der Waals surface area contributed by atoms with E-state index in [9.17, 15) is 9.18 Å². The summed E-state index contributed by atoms with van der Waals surface area (Å²) in [6, 6.07) is 10.2. The normalized spacial score (nSPS) is 10.1. The fourth-order valence-corrected chi connectivity index (χ4v) is 1.65. The fraction of sp³-hybridized carbons (Fsp3) is 0.200. The maximum absolute atomic E-state index is 12.6. The molecule has 1 N–H and O–H groups in total. The second-order valence-corrected chi connectivity index (χ2v) is 4.29. The number of rotatable bonds is 5. The minimum Gasteiger partial charge on any atom is -0.492 e. The van der Waals surface area contributed by atoms with Crippen LogP contribution >= 0.6 is 0 Å². The Morgan fingerprint density at radius 2 is 2.20 bits per heavy atom. The topological polar surface area (TPSA) is 51.2 Å². The fourth-order valence-electron chi connectivity index (χ4n) is 1.65. The lowest BCUT2D eigenvalue weighted by atomic mass is 10.2. The van der Waals surface area contributed by atoms with Crippen molar-refractivity contribution in [2.45, 2.75) is 6.92 Å². The van der Waals surface area contributed by atoms with Crippen LogP contribution in [0.25, 0.3) is 0 Å². The van der Waals surface area contributed by atoms with Crippen LogP contribution in [0.1, 0.15) is 15.9 Å². The smallest absolute Gasteiger partial charge is 0.252 e. The molecule has 1 aromatic carbocycles. The van der Waals surface area contributed by atoms with Gasteiger partial charge in [-0.2, -0.15) is 4.39 Å². The Balaban J connectivity index is 1.76. The van der Waals surface area contributed by atoms with Crippen molar-refractivity contribution in [1.29, 1.82) is 0 Å². The standard InChI is InChI=1S/C15H15FN2O2/c1-11-3-2-4-13(9-11)20-8-7-17-15(19)12-5-6-14(16)18-10-12/h2-6,9-10H,7-8H2,1H3,(H,17,19). The molecule has 1 heterocycles. The minimum absolute atomic E-state index is 0.301. The number of halogens is 1. The van der Waals surface area contributed by atoms with E-state index in [4.69, 9.17) is 4.74 Å². The number of benzene rings is 1. The van der Waals surface area contributed by atoms with E-state index in [1.165, 1.54) is 12.3 Å². The molecule has 1 amide bonds. The molecule has 0 bridgehead atoms. The van der Waals surface area contributed by atoms with E-state index in [1.54, 1.807) is 0 Å². The Hall–Kier alpha value is -2.43. The van der Waals surface area contributed by atoms with Gasteiger partial charge < -0.3 is 10.1 Å². The number of aryl methyl sites for hydroxylation is 1. The summed E-state index contributed by atoms with van der Waals surface area (Å²) in [5.41, 5.74) is 1.44. The number of hydrogen-bond acceptors (Lipinski definition) is 3. The van der Waals surface area contributed by atoms with Crippen LogP contribution in [-0.2, 0) is 0 Å². The van der Waals surface area contributed by atoms with Crippen molar-refractivity contribution in [3.05, 3.63) is 59.7 Å². The number of hydrogen-bond donors (Lipinski definition) is 1. The molecule has 5 heteroatoms. The van der Waals surface area contributed by atoms with Crippen LogP contribution in [-0.4, -0.2) is 24.0 Å². The van der Waals surface area contributed by atoms with Gasteiger partial charge in [-0.05, 0) is 36.8 Å². The summed E-state index contributed by atoms with van der Waals surface area (Å²) in [6.45, 7) is 2.71. The first-order chi connectivity index (χ1) is 9.65. The van der Waals surface area contributed by atoms with Gasteiger partial charge in [-0.1, -0.05) is 12.1 Å². The van der Waals surface area contributed by atoms with E-state index < -0.39 is 5.95 Å². The summed E-state index contributed by atoms with van der Waals surface area (Å²) in [5, 5.41) is 2.68. The molecular formula is C15H15FN2O2. The molecule has 0 saturated heterocycles. The van der Waals surface area contributed by atoms with Gasteiger partial charge in [0.15, 0.2) is 0 Å². The van der Waals surface area contributed by atoms with Crippen LogP contribution in [0.3, 0.4) is 0 Å². The van der Waals surface area contributed by atoms with Crippen molar-refractivity contribution in [2.24, 2.45) is 0 Å². The zero-order valence-corrected chi connectivity index (χ0v) is 11.1. The van der Waals surface area contributed by atoms with Crippen molar-refractivity contribution in [3.8, 4) is 5.75 Å². The Morgan fingerprint density at radius 3 is 2.90 bits per heavy atom. The van der Waals surface area contributed by atoms with Gasteiger partial charge in [-0.3, -0.25) is 4.79 Å². The second kappa shape index (κ2) is 6.65. The molecule has 0 saturated carbocycles. The maximum atomic E-state index is 12.6. The van der Waals surface area contributed by atoms with Gasteiger partial charge in [0.1, 0.15) is 12.4 Å². The molecule has 4 nitrogen and oxygen atoms in total. The number of amides is 1. The maximum Gasteiger partial charge on any atom is 0.252 e. The number of nitrogens with one attached hydrogen (secondary N) is 1. The van der Waals surface area contributed by atoms with E-state index in [2.05, 4.69) is 10.3 Å². The quantitative estimate of drug-likeness (QED) is 0.672. The summed E-state index contributed by atoms with van der Waals surface area (Å²) in [6.07, 6.45) is 1.20. The lowest BCUT2D eigenvalue weighted by Crippen LogP contribution is -2.28. The summed E-state index contributed by atoms with van der Waals surface area (Å²) in [4.78, 5) is 15.1. The third-order valence-corrected chi connectivity index (χ3v) is 2.64. The molecule has 0 aliphatic heterocycles. The first-order valence-corrected chi connectivity index (χ1v) is 6.24. The minimum atomic E-state index is -0.607. The predicted molar refractivity (Wildman–Crippen MR) is 73.2 cm³/mol. The first kappa shape index (κ1) is 14.0. The Bertz CT molecular complexity index is 585. The van der Waals surface area contributed by atoms with Gasteiger partial charge in [0, 0.05) is 6.20 Å². The number of carbonyl (C=O) groups excluding carboxylic acids is 1. The third-order valence-electron chi connectivity index (χ3n) is 2.64. The van der Waals surface area contributed by atoms with Crippen LogP contribution in [0, 0.1) is 12.9 Å². The van der Waals surface area contributed by atoms with Gasteiger partial charge >= 0.3 is 0 Å². The Labute approximate surface area is 116 Å². The highest BCUT2D eigenvalue weighted by Gasteiger charge is 2.05. The summed E-state index contributed by atoms with van der Waals surface area (Å²) < 4.78 is 18.1. The zero-order valence-electron chi connectivity index (χ0n) is 11.1. The lowest BCUT2D eigenvalue weighted by molar-refractivity contribution is 0.0946. The van der Waals surface area contributed by atoms with Crippen molar-refractivity contribution in [3.63, 3.8) is 0 Å². The molecule has 0 aliphatic rings. The summed E-state index contributed by atoms with van der Waals surface area (Å²) in [5.74, 6) is -0.141. The summed E-state index contributed by atoms with van der Waals surface area (Å²) >= 11 is 0. The van der Waals surface area contributed by atoms with Gasteiger partial charge in [0.25, 0.3) is 5.91 Å². The van der Waals surface area contributed by atoms with Crippen molar-refractivity contribution in [1.82, 2.24) is 10.3 Å². The molecule has 0 fully saturated rings. The van der Waals surface area contributed by atoms with Gasteiger partial charge in [0.2, 0.25) is 5.95 Å². The number of pyridine rings is 1. The molecule has 1 aromatic heterocycles. The van der Waals surface area contributed by atoms with Crippen LogP contribution in [0.15, 0.2) is 42.6 Å². The van der Waals surface area contributed by atoms with Crippen molar-refractivity contribution < 1.29 is 13.9 Å². The average molecular weight is 274 g/mol. The van der Waals surface area contributed by atoms with Crippen LogP contribution in [0.2, 0.25) is 0 Å². The third kappa shape index (κ3) is 4.05. The average Bonchev–Trinajstić information content (AvgIpc) is 2.44. The first-order valence-electron chi connectivity index (χ1n) is 6.24.